The Morgan fingerprint density at radius 3 is 2.75 bits per heavy atom. The van der Waals surface area contributed by atoms with Crippen LogP contribution >= 0.6 is 0 Å². The van der Waals surface area contributed by atoms with Gasteiger partial charge in [-0.3, -0.25) is 14.4 Å². The summed E-state index contributed by atoms with van der Waals surface area (Å²) in [6, 6.07) is 3.78. The van der Waals surface area contributed by atoms with Crippen molar-refractivity contribution in [3.8, 4) is 16.9 Å². The highest BCUT2D eigenvalue weighted by Crippen LogP contribution is 2.43. The number of aromatic nitrogens is 2. The molecule has 4 rings (SSSR count). The van der Waals surface area contributed by atoms with Crippen LogP contribution in [0.3, 0.4) is 0 Å². The number of likely N-dealkylation sites (tertiary alicyclic amines) is 1. The van der Waals surface area contributed by atoms with Gasteiger partial charge in [0.1, 0.15) is 5.75 Å². The van der Waals surface area contributed by atoms with Gasteiger partial charge >= 0.3 is 6.09 Å². The van der Waals surface area contributed by atoms with Crippen molar-refractivity contribution in [2.45, 2.75) is 45.2 Å². The summed E-state index contributed by atoms with van der Waals surface area (Å²) in [7, 11) is 1.37. The van der Waals surface area contributed by atoms with Gasteiger partial charge in [0.2, 0.25) is 0 Å². The lowest BCUT2D eigenvalue weighted by Gasteiger charge is -2.35. The molecule has 32 heavy (non-hydrogen) atoms. The molecule has 1 N–H and O–H groups in total. The van der Waals surface area contributed by atoms with Crippen LogP contribution in [-0.2, 0) is 22.5 Å². The number of aliphatic hydroxyl groups excluding tert-OH is 1. The fourth-order valence-electron chi connectivity index (χ4n) is 4.49. The third-order valence-corrected chi connectivity index (χ3v) is 6.19. The minimum Gasteiger partial charge on any atom is -0.483 e. The summed E-state index contributed by atoms with van der Waals surface area (Å²) < 4.78 is 12.9. The Bertz CT molecular complexity index is 983. The van der Waals surface area contributed by atoms with Gasteiger partial charge in [-0.1, -0.05) is 0 Å². The number of benzene rings is 1. The van der Waals surface area contributed by atoms with E-state index in [9.17, 15) is 14.7 Å². The largest absolute Gasteiger partial charge is 0.483 e. The predicted octanol–water partition coefficient (Wildman–Crippen LogP) is 2.45. The summed E-state index contributed by atoms with van der Waals surface area (Å²) in [6.45, 7) is 3.85. The van der Waals surface area contributed by atoms with E-state index < -0.39 is 6.09 Å². The molecule has 2 amide bonds. The lowest BCUT2D eigenvalue weighted by Crippen LogP contribution is -2.42. The highest BCUT2D eigenvalue weighted by atomic mass is 16.5. The molecule has 172 valence electrons. The van der Waals surface area contributed by atoms with Crippen molar-refractivity contribution in [3.63, 3.8) is 0 Å². The number of ether oxygens (including phenoxy) is 2. The summed E-state index contributed by atoms with van der Waals surface area (Å²) in [5.41, 5.74) is 3.26. The number of anilines is 1. The Hall–Kier alpha value is -3.07. The van der Waals surface area contributed by atoms with Gasteiger partial charge in [0.15, 0.2) is 6.61 Å². The number of carbonyl (C=O) groups excluding carboxylic acids is 2. The molecule has 2 aromatic rings. The average molecular weight is 443 g/mol. The smallest absolute Gasteiger partial charge is 0.414 e. The third kappa shape index (κ3) is 4.29. The van der Waals surface area contributed by atoms with Gasteiger partial charge in [-0.05, 0) is 44.7 Å². The van der Waals surface area contributed by atoms with E-state index >= 15 is 0 Å². The van der Waals surface area contributed by atoms with E-state index in [1.54, 1.807) is 15.8 Å². The van der Waals surface area contributed by atoms with Crippen molar-refractivity contribution in [2.75, 3.05) is 38.3 Å². The highest BCUT2D eigenvalue weighted by molar-refractivity contribution is 5.92. The molecular formula is C23H30N4O5. The number of nitrogens with zero attached hydrogens (tertiary/aromatic N) is 4. The Morgan fingerprint density at radius 2 is 2.03 bits per heavy atom. The van der Waals surface area contributed by atoms with E-state index in [1.165, 1.54) is 7.11 Å². The SMILES string of the molecule is COC(=O)N1c2ccc(-c3cnn(CCO)c3)c(OCC(=O)N3CCCC3)c2CCC1C. The second kappa shape index (κ2) is 9.60. The zero-order valence-corrected chi connectivity index (χ0v) is 18.6. The molecule has 0 saturated carbocycles. The number of aliphatic hydroxyl groups is 1. The van der Waals surface area contributed by atoms with E-state index in [4.69, 9.17) is 9.47 Å². The number of amides is 2. The molecule has 9 heteroatoms. The second-order valence-electron chi connectivity index (χ2n) is 8.26. The molecule has 3 heterocycles. The molecule has 0 aliphatic carbocycles. The quantitative estimate of drug-likeness (QED) is 0.738. The van der Waals surface area contributed by atoms with Gasteiger partial charge in [0, 0.05) is 42.0 Å². The Kier molecular flexibility index (Phi) is 6.64. The van der Waals surface area contributed by atoms with Crippen LogP contribution in [0.5, 0.6) is 5.75 Å². The Morgan fingerprint density at radius 1 is 1.25 bits per heavy atom. The maximum atomic E-state index is 12.7. The first-order chi connectivity index (χ1) is 15.5. The number of rotatable bonds is 6. The Balaban J connectivity index is 1.72. The number of methoxy groups -OCH3 is 1. The normalized spacial score (nSPS) is 17.9. The van der Waals surface area contributed by atoms with E-state index in [-0.39, 0.29) is 25.2 Å². The number of carbonyl (C=O) groups is 2. The molecule has 0 bridgehead atoms. The van der Waals surface area contributed by atoms with Gasteiger partial charge in [0.25, 0.3) is 5.91 Å². The van der Waals surface area contributed by atoms with E-state index in [0.717, 1.165) is 61.2 Å². The van der Waals surface area contributed by atoms with E-state index in [1.807, 2.05) is 30.2 Å². The van der Waals surface area contributed by atoms with Crippen molar-refractivity contribution >= 4 is 17.7 Å². The number of hydrogen-bond donors (Lipinski definition) is 1. The summed E-state index contributed by atoms with van der Waals surface area (Å²) in [6.07, 6.45) is 6.66. The second-order valence-corrected chi connectivity index (χ2v) is 8.26. The topological polar surface area (TPSA) is 97.1 Å². The zero-order valence-electron chi connectivity index (χ0n) is 18.6. The fourth-order valence-corrected chi connectivity index (χ4v) is 4.49. The molecule has 2 aliphatic heterocycles. The van der Waals surface area contributed by atoms with Gasteiger partial charge in [-0.15, -0.1) is 0 Å². The van der Waals surface area contributed by atoms with Gasteiger partial charge in [0.05, 0.1) is 32.1 Å². The monoisotopic (exact) mass is 442 g/mol. The van der Waals surface area contributed by atoms with Crippen LogP contribution in [0.25, 0.3) is 11.1 Å². The maximum absolute atomic E-state index is 12.7. The van der Waals surface area contributed by atoms with Crippen molar-refractivity contribution in [1.82, 2.24) is 14.7 Å². The molecule has 1 aromatic heterocycles. The van der Waals surface area contributed by atoms with E-state index in [0.29, 0.717) is 12.3 Å². The lowest BCUT2D eigenvalue weighted by atomic mass is 9.92. The first-order valence-electron chi connectivity index (χ1n) is 11.1. The van der Waals surface area contributed by atoms with Crippen LogP contribution in [0.1, 0.15) is 31.7 Å². The van der Waals surface area contributed by atoms with Crippen molar-refractivity contribution in [1.29, 1.82) is 0 Å². The van der Waals surface area contributed by atoms with Crippen LogP contribution in [-0.4, -0.2) is 71.2 Å². The first-order valence-corrected chi connectivity index (χ1v) is 11.1. The summed E-state index contributed by atoms with van der Waals surface area (Å²) in [5, 5.41) is 13.5. The summed E-state index contributed by atoms with van der Waals surface area (Å²) >= 11 is 0. The minimum atomic E-state index is -0.416. The van der Waals surface area contributed by atoms with Crippen LogP contribution in [0.2, 0.25) is 0 Å². The molecule has 9 nitrogen and oxygen atoms in total. The molecule has 2 aliphatic rings. The molecule has 1 fully saturated rings. The van der Waals surface area contributed by atoms with Crippen molar-refractivity contribution < 1.29 is 24.2 Å². The van der Waals surface area contributed by atoms with Crippen LogP contribution in [0, 0.1) is 0 Å². The molecule has 0 radical (unpaired) electrons. The van der Waals surface area contributed by atoms with Crippen LogP contribution in [0.15, 0.2) is 24.5 Å². The van der Waals surface area contributed by atoms with Crippen molar-refractivity contribution in [3.05, 3.63) is 30.1 Å². The summed E-state index contributed by atoms with van der Waals surface area (Å²) in [5.74, 6) is 0.565. The van der Waals surface area contributed by atoms with Crippen molar-refractivity contribution in [2.24, 2.45) is 0 Å². The third-order valence-electron chi connectivity index (χ3n) is 6.19. The lowest BCUT2D eigenvalue weighted by molar-refractivity contribution is -0.132. The molecule has 1 saturated heterocycles. The van der Waals surface area contributed by atoms with E-state index in [2.05, 4.69) is 5.10 Å². The van der Waals surface area contributed by atoms with Gasteiger partial charge < -0.3 is 19.5 Å². The molecular weight excluding hydrogens is 412 g/mol. The first kappa shape index (κ1) is 22.1. The van der Waals surface area contributed by atoms with Gasteiger partial charge in [-0.2, -0.15) is 5.10 Å². The predicted molar refractivity (Wildman–Crippen MR) is 119 cm³/mol. The van der Waals surface area contributed by atoms with Crippen LogP contribution in [0.4, 0.5) is 10.5 Å². The Labute approximate surface area is 187 Å². The average Bonchev–Trinajstić information content (AvgIpc) is 3.49. The maximum Gasteiger partial charge on any atom is 0.414 e. The molecule has 1 atom stereocenters. The fraction of sp³-hybridized carbons (Fsp3) is 0.522. The zero-order chi connectivity index (χ0) is 22.7. The van der Waals surface area contributed by atoms with Crippen LogP contribution < -0.4 is 9.64 Å². The molecule has 1 aromatic carbocycles. The minimum absolute atomic E-state index is 0.00723. The molecule has 1 unspecified atom stereocenters. The highest BCUT2D eigenvalue weighted by Gasteiger charge is 2.32. The van der Waals surface area contributed by atoms with Gasteiger partial charge in [-0.25, -0.2) is 4.79 Å². The molecule has 0 spiro atoms. The number of hydrogen-bond acceptors (Lipinski definition) is 6. The number of fused-ring (bicyclic) bond motifs is 1. The summed E-state index contributed by atoms with van der Waals surface area (Å²) in [4.78, 5) is 28.6. The standard InChI is InChI=1S/C23H30N4O5/c1-16-5-6-19-20(27(16)23(30)31-2)8-7-18(17-13-24-26(14-17)11-12-28)22(19)32-15-21(29)25-9-3-4-10-25/h7-8,13-14,16,28H,3-6,9-12,15H2,1-2H3.